The zero-order chi connectivity index (χ0) is 14.4. The molecule has 1 saturated carbocycles. The van der Waals surface area contributed by atoms with Crippen molar-refractivity contribution < 1.29 is 0 Å². The molecule has 2 aromatic heterocycles. The van der Waals surface area contributed by atoms with Crippen LogP contribution in [0.5, 0.6) is 0 Å². The number of halogens is 2. The predicted molar refractivity (Wildman–Crippen MR) is 77.5 cm³/mol. The first kappa shape index (κ1) is 13.6. The summed E-state index contributed by atoms with van der Waals surface area (Å²) in [4.78, 5) is 16.5. The summed E-state index contributed by atoms with van der Waals surface area (Å²) >= 11 is 12.1. The van der Waals surface area contributed by atoms with Crippen LogP contribution in [0.25, 0.3) is 0 Å². The lowest BCUT2D eigenvalue weighted by molar-refractivity contribution is 0.667. The Morgan fingerprint density at radius 3 is 2.65 bits per heavy atom. The lowest BCUT2D eigenvalue weighted by atomic mass is 10.2. The smallest absolute Gasteiger partial charge is 0.255 e. The highest BCUT2D eigenvalue weighted by molar-refractivity contribution is 6.30. The highest BCUT2D eigenvalue weighted by Crippen LogP contribution is 2.39. The summed E-state index contributed by atoms with van der Waals surface area (Å²) in [6, 6.07) is 1.34. The minimum absolute atomic E-state index is 0.147. The normalized spacial score (nSPS) is 14.8. The minimum Gasteiger partial charge on any atom is -0.292 e. The second-order valence-corrected chi connectivity index (χ2v) is 5.86. The van der Waals surface area contributed by atoms with Gasteiger partial charge in [-0.05, 0) is 19.8 Å². The summed E-state index contributed by atoms with van der Waals surface area (Å²) < 4.78 is 3.26. The Hall–Kier alpha value is -1.33. The Bertz CT molecular complexity index is 731. The van der Waals surface area contributed by atoms with Crippen molar-refractivity contribution in [3.8, 4) is 0 Å². The molecule has 2 aromatic rings. The van der Waals surface area contributed by atoms with Crippen LogP contribution in [-0.2, 0) is 13.6 Å². The van der Waals surface area contributed by atoms with Gasteiger partial charge in [-0.2, -0.15) is 5.10 Å². The van der Waals surface area contributed by atoms with E-state index < -0.39 is 0 Å². The second kappa shape index (κ2) is 4.90. The molecule has 106 valence electrons. The molecule has 0 aliphatic heterocycles. The topological polar surface area (TPSA) is 52.7 Å². The molecule has 0 aromatic carbocycles. The summed E-state index contributed by atoms with van der Waals surface area (Å²) in [6.07, 6.45) is 2.10. The lowest BCUT2D eigenvalue weighted by Gasteiger charge is -2.11. The quantitative estimate of drug-likeness (QED) is 0.818. The predicted octanol–water partition coefficient (Wildman–Crippen LogP) is 2.52. The van der Waals surface area contributed by atoms with Gasteiger partial charge in [0.1, 0.15) is 16.1 Å². The highest BCUT2D eigenvalue weighted by Gasteiger charge is 2.29. The van der Waals surface area contributed by atoms with E-state index >= 15 is 0 Å². The van der Waals surface area contributed by atoms with Gasteiger partial charge in [-0.3, -0.25) is 14.0 Å². The summed E-state index contributed by atoms with van der Waals surface area (Å²) in [5, 5.41) is 5.07. The first-order valence-corrected chi connectivity index (χ1v) is 7.18. The number of nitrogens with zero attached hydrogens (tertiary/aromatic N) is 4. The van der Waals surface area contributed by atoms with E-state index in [-0.39, 0.29) is 10.7 Å². The highest BCUT2D eigenvalue weighted by atomic mass is 35.5. The van der Waals surface area contributed by atoms with Crippen molar-refractivity contribution >= 4 is 23.2 Å². The van der Waals surface area contributed by atoms with Gasteiger partial charge in [-0.1, -0.05) is 23.2 Å². The molecule has 20 heavy (non-hydrogen) atoms. The first-order valence-electron chi connectivity index (χ1n) is 6.42. The molecule has 0 unspecified atom stereocenters. The van der Waals surface area contributed by atoms with E-state index in [4.69, 9.17) is 23.2 Å². The molecule has 1 aliphatic rings. The van der Waals surface area contributed by atoms with Crippen molar-refractivity contribution in [2.75, 3.05) is 0 Å². The van der Waals surface area contributed by atoms with Gasteiger partial charge in [0.05, 0.1) is 12.2 Å². The molecule has 5 nitrogen and oxygen atoms in total. The molecular formula is C13H14Cl2N4O. The van der Waals surface area contributed by atoms with Gasteiger partial charge in [0.15, 0.2) is 0 Å². The van der Waals surface area contributed by atoms with E-state index in [1.165, 1.54) is 6.07 Å². The second-order valence-electron chi connectivity index (χ2n) is 5.11. The SMILES string of the molecule is Cc1nn(C)c(Cl)c1Cn1c(C2CC2)nc(Cl)cc1=O. The summed E-state index contributed by atoms with van der Waals surface area (Å²) in [6.45, 7) is 2.26. The molecule has 0 bridgehead atoms. The van der Waals surface area contributed by atoms with Crippen LogP contribution in [0.4, 0.5) is 0 Å². The third-order valence-electron chi connectivity index (χ3n) is 3.54. The Morgan fingerprint density at radius 2 is 2.10 bits per heavy atom. The van der Waals surface area contributed by atoms with Crippen molar-refractivity contribution in [2.45, 2.75) is 32.2 Å². The number of hydrogen-bond donors (Lipinski definition) is 0. The standard InChI is InChI=1S/C13H14Cl2N4O/c1-7-9(12(15)18(2)17-7)6-19-11(20)5-10(14)16-13(19)8-3-4-8/h5,8H,3-4,6H2,1-2H3. The average molecular weight is 313 g/mol. The third kappa shape index (κ3) is 2.36. The molecule has 0 saturated heterocycles. The van der Waals surface area contributed by atoms with Gasteiger partial charge in [-0.25, -0.2) is 4.98 Å². The Balaban J connectivity index is 2.08. The molecule has 2 heterocycles. The first-order chi connectivity index (χ1) is 9.47. The third-order valence-corrected chi connectivity index (χ3v) is 4.20. The lowest BCUT2D eigenvalue weighted by Crippen LogP contribution is -2.25. The molecule has 0 amide bonds. The fourth-order valence-corrected chi connectivity index (χ4v) is 2.73. The maximum absolute atomic E-state index is 12.2. The summed E-state index contributed by atoms with van der Waals surface area (Å²) in [5.41, 5.74) is 1.52. The van der Waals surface area contributed by atoms with Gasteiger partial charge in [-0.15, -0.1) is 0 Å². The van der Waals surface area contributed by atoms with Crippen molar-refractivity contribution in [2.24, 2.45) is 7.05 Å². The van der Waals surface area contributed by atoms with Crippen LogP contribution in [-0.4, -0.2) is 19.3 Å². The van der Waals surface area contributed by atoms with E-state index in [2.05, 4.69) is 10.1 Å². The minimum atomic E-state index is -0.147. The maximum atomic E-state index is 12.2. The van der Waals surface area contributed by atoms with Crippen LogP contribution in [0.3, 0.4) is 0 Å². The van der Waals surface area contributed by atoms with Gasteiger partial charge in [0, 0.05) is 24.6 Å². The molecule has 0 atom stereocenters. The van der Waals surface area contributed by atoms with Gasteiger partial charge < -0.3 is 0 Å². The van der Waals surface area contributed by atoms with Crippen LogP contribution in [0.1, 0.15) is 35.8 Å². The van der Waals surface area contributed by atoms with Crippen molar-refractivity contribution in [1.29, 1.82) is 0 Å². The zero-order valence-corrected chi connectivity index (χ0v) is 12.7. The van der Waals surface area contributed by atoms with Crippen LogP contribution < -0.4 is 5.56 Å². The largest absolute Gasteiger partial charge is 0.292 e. The van der Waals surface area contributed by atoms with Crippen molar-refractivity contribution in [1.82, 2.24) is 19.3 Å². The Labute approximate surface area is 126 Å². The molecule has 1 aliphatic carbocycles. The number of hydrogen-bond acceptors (Lipinski definition) is 3. The van der Waals surface area contributed by atoms with E-state index in [0.29, 0.717) is 17.6 Å². The number of aryl methyl sites for hydroxylation is 2. The molecule has 3 rings (SSSR count). The van der Waals surface area contributed by atoms with Crippen LogP contribution >= 0.6 is 23.2 Å². The van der Waals surface area contributed by atoms with Crippen molar-refractivity contribution in [3.63, 3.8) is 0 Å². The average Bonchev–Trinajstić information content (AvgIpc) is 3.16. The van der Waals surface area contributed by atoms with Gasteiger partial charge in [0.25, 0.3) is 5.56 Å². The Morgan fingerprint density at radius 1 is 1.40 bits per heavy atom. The van der Waals surface area contributed by atoms with E-state index in [9.17, 15) is 4.79 Å². The molecule has 1 fully saturated rings. The monoisotopic (exact) mass is 312 g/mol. The molecular weight excluding hydrogens is 299 g/mol. The van der Waals surface area contributed by atoms with Gasteiger partial charge >= 0.3 is 0 Å². The number of aromatic nitrogens is 4. The fraction of sp³-hybridized carbons (Fsp3) is 0.462. The van der Waals surface area contributed by atoms with Crippen LogP contribution in [0.15, 0.2) is 10.9 Å². The van der Waals surface area contributed by atoms with Crippen LogP contribution in [0.2, 0.25) is 10.3 Å². The van der Waals surface area contributed by atoms with E-state index in [1.54, 1.807) is 16.3 Å². The van der Waals surface area contributed by atoms with Crippen molar-refractivity contribution in [3.05, 3.63) is 43.8 Å². The molecule has 0 radical (unpaired) electrons. The summed E-state index contributed by atoms with van der Waals surface area (Å²) in [5.74, 6) is 1.08. The molecule has 7 heteroatoms. The number of rotatable bonds is 3. The van der Waals surface area contributed by atoms with Crippen LogP contribution in [0, 0.1) is 6.92 Å². The fourth-order valence-electron chi connectivity index (χ4n) is 2.32. The van der Waals surface area contributed by atoms with Gasteiger partial charge in [0.2, 0.25) is 0 Å². The zero-order valence-electron chi connectivity index (χ0n) is 11.2. The van der Waals surface area contributed by atoms with E-state index in [0.717, 1.165) is 29.9 Å². The summed E-state index contributed by atoms with van der Waals surface area (Å²) in [7, 11) is 1.78. The maximum Gasteiger partial charge on any atom is 0.255 e. The Kier molecular flexibility index (Phi) is 3.34. The molecule has 0 spiro atoms. The molecule has 0 N–H and O–H groups in total. The van der Waals surface area contributed by atoms with E-state index in [1.807, 2.05) is 6.92 Å².